The molecule has 0 N–H and O–H groups in total. The van der Waals surface area contributed by atoms with E-state index in [-0.39, 0.29) is 0 Å². The third-order valence-corrected chi connectivity index (χ3v) is 2.89. The molecule has 1 heteroatoms. The molecule has 0 unspecified atom stereocenters. The van der Waals surface area contributed by atoms with Crippen molar-refractivity contribution in [3.05, 3.63) is 58.3 Å². The Kier molecular flexibility index (Phi) is 5.75. The molecule has 0 amide bonds. The molecule has 0 saturated carbocycles. The summed E-state index contributed by atoms with van der Waals surface area (Å²) in [5.41, 5.74) is 7.17. The van der Waals surface area contributed by atoms with Gasteiger partial charge in [-0.2, -0.15) is 0 Å². The lowest BCUT2D eigenvalue weighted by atomic mass is 10.00. The molecular weight excluding hydrogens is 230 g/mol. The van der Waals surface area contributed by atoms with Gasteiger partial charge in [-0.3, -0.25) is 4.99 Å². The smallest absolute Gasteiger partial charge is 0.0707 e. The Morgan fingerprint density at radius 3 is 2.42 bits per heavy atom. The van der Waals surface area contributed by atoms with Crippen LogP contribution in [0.15, 0.2) is 46.6 Å². The van der Waals surface area contributed by atoms with E-state index >= 15 is 0 Å². The van der Waals surface area contributed by atoms with Gasteiger partial charge in [0.1, 0.15) is 0 Å². The second-order valence-corrected chi connectivity index (χ2v) is 5.29. The largest absolute Gasteiger partial charge is 0.253 e. The molecule has 0 heterocycles. The monoisotopic (exact) mass is 255 g/mol. The highest BCUT2D eigenvalue weighted by Crippen LogP contribution is 2.15. The first kappa shape index (κ1) is 15.4. The molecule has 19 heavy (non-hydrogen) atoms. The van der Waals surface area contributed by atoms with Gasteiger partial charge in [0.2, 0.25) is 0 Å². The van der Waals surface area contributed by atoms with Crippen LogP contribution in [0.5, 0.6) is 0 Å². The topological polar surface area (TPSA) is 12.4 Å². The van der Waals surface area contributed by atoms with Crippen LogP contribution >= 0.6 is 0 Å². The van der Waals surface area contributed by atoms with Crippen molar-refractivity contribution in [2.24, 2.45) is 4.99 Å². The molecule has 0 aliphatic rings. The van der Waals surface area contributed by atoms with E-state index in [1.165, 1.54) is 22.3 Å². The molecule has 0 atom stereocenters. The molecule has 102 valence electrons. The third kappa shape index (κ3) is 4.86. The summed E-state index contributed by atoms with van der Waals surface area (Å²) in [4.78, 5) is 4.78. The summed E-state index contributed by atoms with van der Waals surface area (Å²) in [6.07, 6.45) is 5.34. The summed E-state index contributed by atoms with van der Waals surface area (Å²) in [6, 6.07) is 6.53. The molecule has 0 aliphatic carbocycles. The van der Waals surface area contributed by atoms with Gasteiger partial charge in [0.25, 0.3) is 0 Å². The molecule has 0 fully saturated rings. The second kappa shape index (κ2) is 7.08. The number of nitrogens with zero attached hydrogens (tertiary/aromatic N) is 1. The minimum atomic E-state index is 1.02. The molecule has 0 bridgehead atoms. The fraction of sp³-hybridized carbons (Fsp3) is 0.389. The standard InChI is InChI=1S/C18H25N/c1-7-8-16(6)19-18(11-13(2)3)17-12-14(4)9-10-15(17)5/h8-12H,7H2,1-6H3/b16-8-,19-18?. The van der Waals surface area contributed by atoms with Crippen molar-refractivity contribution in [3.63, 3.8) is 0 Å². The van der Waals surface area contributed by atoms with Crippen LogP contribution in [0.25, 0.3) is 0 Å². The first-order valence-electron chi connectivity index (χ1n) is 6.92. The summed E-state index contributed by atoms with van der Waals surface area (Å²) in [5.74, 6) is 0. The normalized spacial score (nSPS) is 12.5. The van der Waals surface area contributed by atoms with E-state index in [2.05, 4.69) is 71.9 Å². The Hall–Kier alpha value is -1.63. The van der Waals surface area contributed by atoms with Gasteiger partial charge in [-0.1, -0.05) is 36.3 Å². The maximum Gasteiger partial charge on any atom is 0.0707 e. The molecule has 0 saturated heterocycles. The maximum atomic E-state index is 4.78. The van der Waals surface area contributed by atoms with Crippen LogP contribution in [0.3, 0.4) is 0 Å². The average molecular weight is 255 g/mol. The van der Waals surface area contributed by atoms with Crippen LogP contribution in [0, 0.1) is 13.8 Å². The van der Waals surface area contributed by atoms with Gasteiger partial charge in [0, 0.05) is 11.3 Å². The van der Waals surface area contributed by atoms with Crippen LogP contribution in [0.1, 0.15) is 50.8 Å². The van der Waals surface area contributed by atoms with Gasteiger partial charge in [-0.15, -0.1) is 0 Å². The minimum Gasteiger partial charge on any atom is -0.253 e. The summed E-state index contributed by atoms with van der Waals surface area (Å²) >= 11 is 0. The van der Waals surface area contributed by atoms with Gasteiger partial charge in [0.15, 0.2) is 0 Å². The zero-order valence-corrected chi connectivity index (χ0v) is 13.0. The Labute approximate surface area is 117 Å². The van der Waals surface area contributed by atoms with Crippen molar-refractivity contribution in [1.82, 2.24) is 0 Å². The van der Waals surface area contributed by atoms with E-state index < -0.39 is 0 Å². The highest BCUT2D eigenvalue weighted by atomic mass is 14.7. The minimum absolute atomic E-state index is 1.02. The second-order valence-electron chi connectivity index (χ2n) is 5.29. The van der Waals surface area contributed by atoms with Gasteiger partial charge < -0.3 is 0 Å². The van der Waals surface area contributed by atoms with E-state index in [0.29, 0.717) is 0 Å². The lowest BCUT2D eigenvalue weighted by molar-refractivity contribution is 1.15. The van der Waals surface area contributed by atoms with Crippen LogP contribution in [-0.4, -0.2) is 5.71 Å². The quantitative estimate of drug-likeness (QED) is 0.641. The zero-order valence-electron chi connectivity index (χ0n) is 13.0. The Morgan fingerprint density at radius 2 is 1.84 bits per heavy atom. The average Bonchev–Trinajstić information content (AvgIpc) is 2.31. The molecule has 0 radical (unpaired) electrons. The van der Waals surface area contributed by atoms with Crippen molar-refractivity contribution in [1.29, 1.82) is 0 Å². The molecule has 1 aromatic carbocycles. The summed E-state index contributed by atoms with van der Waals surface area (Å²) in [5, 5.41) is 0. The lowest BCUT2D eigenvalue weighted by Crippen LogP contribution is -2.02. The first-order valence-corrected chi connectivity index (χ1v) is 6.92. The van der Waals surface area contributed by atoms with Gasteiger partial charge in [-0.05, 0) is 58.7 Å². The Balaban J connectivity index is 3.36. The van der Waals surface area contributed by atoms with Crippen LogP contribution < -0.4 is 0 Å². The van der Waals surface area contributed by atoms with Crippen molar-refractivity contribution in [2.45, 2.75) is 48.0 Å². The fourth-order valence-electron chi connectivity index (χ4n) is 1.99. The fourth-order valence-corrected chi connectivity index (χ4v) is 1.99. The Bertz CT molecular complexity index is 527. The predicted molar refractivity (Wildman–Crippen MR) is 85.9 cm³/mol. The molecule has 0 aromatic heterocycles. The Morgan fingerprint density at radius 1 is 1.16 bits per heavy atom. The summed E-state index contributed by atoms with van der Waals surface area (Å²) < 4.78 is 0. The molecule has 1 aromatic rings. The van der Waals surface area contributed by atoms with Crippen molar-refractivity contribution in [3.8, 4) is 0 Å². The number of hydrogen-bond acceptors (Lipinski definition) is 1. The number of benzene rings is 1. The number of allylic oxidation sites excluding steroid dienone is 4. The van der Waals surface area contributed by atoms with Crippen LogP contribution in [0.2, 0.25) is 0 Å². The highest BCUT2D eigenvalue weighted by molar-refractivity contribution is 6.10. The number of rotatable bonds is 4. The maximum absolute atomic E-state index is 4.78. The van der Waals surface area contributed by atoms with Gasteiger partial charge >= 0.3 is 0 Å². The van der Waals surface area contributed by atoms with E-state index in [9.17, 15) is 0 Å². The summed E-state index contributed by atoms with van der Waals surface area (Å²) in [7, 11) is 0. The highest BCUT2D eigenvalue weighted by Gasteiger charge is 2.05. The number of aryl methyl sites for hydroxylation is 2. The van der Waals surface area contributed by atoms with Crippen LogP contribution in [-0.2, 0) is 0 Å². The zero-order chi connectivity index (χ0) is 14.4. The molecular formula is C18H25N. The van der Waals surface area contributed by atoms with E-state index in [1.807, 2.05) is 0 Å². The van der Waals surface area contributed by atoms with Crippen molar-refractivity contribution >= 4 is 5.71 Å². The number of aliphatic imine (C=N–C) groups is 1. The van der Waals surface area contributed by atoms with Gasteiger partial charge in [-0.25, -0.2) is 0 Å². The van der Waals surface area contributed by atoms with Crippen molar-refractivity contribution in [2.75, 3.05) is 0 Å². The molecule has 1 rings (SSSR count). The molecule has 0 aliphatic heterocycles. The summed E-state index contributed by atoms with van der Waals surface area (Å²) in [6.45, 7) is 12.7. The van der Waals surface area contributed by atoms with E-state index in [1.54, 1.807) is 0 Å². The van der Waals surface area contributed by atoms with Crippen LogP contribution in [0.4, 0.5) is 0 Å². The molecule has 1 nitrogen and oxygen atoms in total. The SMILES string of the molecule is CC/C=C(/C)N=C(C=C(C)C)c1cc(C)ccc1C. The van der Waals surface area contributed by atoms with Crippen molar-refractivity contribution < 1.29 is 0 Å². The van der Waals surface area contributed by atoms with Gasteiger partial charge in [0.05, 0.1) is 5.71 Å². The van der Waals surface area contributed by atoms with E-state index in [0.717, 1.165) is 17.8 Å². The predicted octanol–water partition coefficient (Wildman–Crippen LogP) is 5.37. The van der Waals surface area contributed by atoms with E-state index in [4.69, 9.17) is 4.99 Å². The first-order chi connectivity index (χ1) is 8.93. The lowest BCUT2D eigenvalue weighted by Gasteiger charge is -2.09. The molecule has 0 spiro atoms. The number of hydrogen-bond donors (Lipinski definition) is 0. The third-order valence-electron chi connectivity index (χ3n) is 2.89.